The van der Waals surface area contributed by atoms with Gasteiger partial charge < -0.3 is 21.9 Å². The first-order valence-electron chi connectivity index (χ1n) is 0. The van der Waals surface area contributed by atoms with Crippen molar-refractivity contribution in [2.24, 2.45) is 0 Å². The predicted octanol–water partition coefficient (Wildman–Crippen LogP) is -0.480. The molecule has 0 aromatic heterocycles. The van der Waals surface area contributed by atoms with Gasteiger partial charge in [-0.3, -0.25) is 0 Å². The quantitative estimate of drug-likeness (QED) is 0.487. The monoisotopic (exact) mass is 403 g/mol. The smallest absolute Gasteiger partial charge is 2.00 e. The van der Waals surface area contributed by atoms with Crippen molar-refractivity contribution in [3.63, 3.8) is 0 Å². The van der Waals surface area contributed by atoms with E-state index in [4.69, 9.17) is 0 Å². The minimum absolute atomic E-state index is 0. The maximum absolute atomic E-state index is 0. The largest absolute Gasteiger partial charge is 4.00 e. The third-order valence-electron chi connectivity index (χ3n) is 0. The van der Waals surface area contributed by atoms with Crippen LogP contribution in [0.4, 0.5) is 0 Å². The number of hydrogen-bond acceptors (Lipinski definition) is 0. The Morgan fingerprint density at radius 1 is 0.571 bits per heavy atom. The van der Waals surface area contributed by atoms with Crippen LogP contribution >= 0.6 is 0 Å². The minimum Gasteiger partial charge on any atom is -2.00 e. The van der Waals surface area contributed by atoms with Crippen LogP contribution in [0.25, 0.3) is 0 Å². The summed E-state index contributed by atoms with van der Waals surface area (Å²) < 4.78 is 0. The van der Waals surface area contributed by atoms with Crippen LogP contribution in [0.5, 0.6) is 0 Å². The topological polar surface area (TPSA) is 114 Å². The maximum atomic E-state index is 0. The fraction of sp³-hybridized carbons (Fsp3) is 0. The summed E-state index contributed by atoms with van der Waals surface area (Å²) in [5, 5.41) is 0. The van der Waals surface area contributed by atoms with Gasteiger partial charge in [-0.25, -0.2) is 0 Å². The summed E-state index contributed by atoms with van der Waals surface area (Å²) >= 11 is 0. The van der Waals surface area contributed by atoms with Crippen LogP contribution < -0.4 is 0 Å². The first-order valence-corrected chi connectivity index (χ1v) is 0. The van der Waals surface area contributed by atoms with Crippen molar-refractivity contribution in [1.82, 2.24) is 0 Å². The summed E-state index contributed by atoms with van der Waals surface area (Å²) in [4.78, 5) is 0. The average Bonchev–Trinajstić information content (AvgIpc) is 0. The molecule has 0 atom stereocenters. The van der Waals surface area contributed by atoms with Crippen LogP contribution in [-0.4, -0.2) is 0 Å². The Hall–Kier alpha value is 2.39. The molecule has 4 nitrogen and oxygen atoms in total. The van der Waals surface area contributed by atoms with Crippen LogP contribution in [0.3, 0.4) is 0 Å². The van der Waals surface area contributed by atoms with E-state index in [1.165, 1.54) is 0 Å². The van der Waals surface area contributed by atoms with Crippen molar-refractivity contribution in [2.45, 2.75) is 0 Å². The fourth-order valence-electron chi connectivity index (χ4n) is 0. The Balaban J connectivity index is 0. The van der Waals surface area contributed by atoms with Crippen LogP contribution in [-0.2, 0) is 60.4 Å². The second kappa shape index (κ2) is 80.4. The first-order chi connectivity index (χ1) is 0. The van der Waals surface area contributed by atoms with E-state index in [1.54, 1.807) is 0 Å². The molecule has 1 radical (unpaired) electrons. The van der Waals surface area contributed by atoms with Crippen molar-refractivity contribution in [3.8, 4) is 0 Å². The van der Waals surface area contributed by atoms with E-state index in [-0.39, 0.29) is 100 Å². The fourth-order valence-corrected chi connectivity index (χ4v) is 0. The van der Waals surface area contributed by atoms with E-state index in [9.17, 15) is 0 Å². The molecule has 0 aliphatic carbocycles. The Labute approximate surface area is 98.8 Å². The van der Waals surface area contributed by atoms with Gasteiger partial charge in [0.2, 0.25) is 0 Å². The molecule has 0 aromatic rings. The van der Waals surface area contributed by atoms with Gasteiger partial charge in [0.05, 0.1) is 0 Å². The van der Waals surface area contributed by atoms with E-state index < -0.39 is 0 Å². The van der Waals surface area contributed by atoms with Gasteiger partial charge in [-0.05, 0) is 0 Å². The summed E-state index contributed by atoms with van der Waals surface area (Å²) in [6.07, 6.45) is 0. The molecule has 0 saturated heterocycles. The van der Waals surface area contributed by atoms with E-state index in [0.29, 0.717) is 0 Å². The molecule has 0 saturated carbocycles. The molecule has 0 rings (SSSR count). The van der Waals surface area contributed by atoms with Gasteiger partial charge in [0, 0.05) is 0 Å². The van der Waals surface area contributed by atoms with Crippen molar-refractivity contribution in [2.75, 3.05) is 0 Å². The van der Waals surface area contributed by atoms with Crippen LogP contribution in [0.15, 0.2) is 0 Å². The Morgan fingerprint density at radius 3 is 0.571 bits per heavy atom. The third-order valence-corrected chi connectivity index (χ3v) is 0. The Kier molecular flexibility index (Phi) is 1330. The zero-order valence-corrected chi connectivity index (χ0v) is 9.68. The zero-order valence-electron chi connectivity index (χ0n) is 2.97. The molecule has 0 aliphatic rings. The molecular weight excluding hydrogens is 403 g/mol. The summed E-state index contributed by atoms with van der Waals surface area (Å²) in [7, 11) is 0. The van der Waals surface area contributed by atoms with Crippen molar-refractivity contribution in [3.05, 3.63) is 0 Å². The summed E-state index contributed by atoms with van der Waals surface area (Å²) in [6, 6.07) is 0. The maximum Gasteiger partial charge on any atom is 4.00 e. The molecule has 0 aromatic carbocycles. The third kappa shape index (κ3) is 60.1. The molecule has 0 bridgehead atoms. The van der Waals surface area contributed by atoms with E-state index in [0.717, 1.165) is 0 Å². The van der Waals surface area contributed by atoms with Gasteiger partial charge in [-0.15, -0.1) is 0 Å². The first kappa shape index (κ1) is 116. The summed E-state index contributed by atoms with van der Waals surface area (Å²) in [6.45, 7) is 0. The molecule has 7 heteroatoms. The molecule has 0 heterocycles. The SMILES string of the molecule is [Co+2].[O-2].[O-2].[O-2].[O-2].[Th+4].[Ti+4]. The average molecular weight is 403 g/mol. The molecule has 39 valence electrons. The van der Waals surface area contributed by atoms with Gasteiger partial charge in [0.25, 0.3) is 0 Å². The number of hydrogen-bond donors (Lipinski definition) is 0. The second-order valence-electron chi connectivity index (χ2n) is 0. The molecular formula is CoO4ThTi+2. The van der Waals surface area contributed by atoms with Crippen LogP contribution in [0.2, 0.25) is 0 Å². The summed E-state index contributed by atoms with van der Waals surface area (Å²) in [5.74, 6) is 0. The Morgan fingerprint density at radius 2 is 0.571 bits per heavy atom. The Bertz CT molecular complexity index is 11.7. The minimum atomic E-state index is 0. The van der Waals surface area contributed by atoms with Gasteiger partial charge in [0.1, 0.15) is 0 Å². The summed E-state index contributed by atoms with van der Waals surface area (Å²) in [5.41, 5.74) is 0. The van der Waals surface area contributed by atoms with Gasteiger partial charge in [-0.2, -0.15) is 0 Å². The van der Waals surface area contributed by atoms with Gasteiger partial charge in [-0.1, -0.05) is 0 Å². The van der Waals surface area contributed by atoms with Crippen molar-refractivity contribution >= 4 is 0 Å². The van der Waals surface area contributed by atoms with Gasteiger partial charge >= 0.3 is 78.4 Å². The number of rotatable bonds is 0. The van der Waals surface area contributed by atoms with Crippen molar-refractivity contribution in [1.29, 1.82) is 0 Å². The molecule has 0 unspecified atom stereocenters. The standard InChI is InChI=1S/Co.4O.Th.Ti/q+2;4*-2;2*+4. The van der Waals surface area contributed by atoms with Crippen LogP contribution in [0.1, 0.15) is 0 Å². The normalized spacial score (nSPS) is 0. The van der Waals surface area contributed by atoms with Gasteiger partial charge in [0.15, 0.2) is 0 Å². The van der Waals surface area contributed by atoms with E-state index in [1.807, 2.05) is 0 Å². The van der Waals surface area contributed by atoms with Crippen LogP contribution in [0, 0.1) is 39.9 Å². The molecule has 7 heavy (non-hydrogen) atoms. The molecule has 0 amide bonds. The van der Waals surface area contributed by atoms with Crippen molar-refractivity contribution < 1.29 is 100 Å². The molecule has 0 fully saturated rings. The molecule has 0 aliphatic heterocycles. The molecule has 0 N–H and O–H groups in total. The molecule has 0 spiro atoms. The predicted molar refractivity (Wildman–Crippen MR) is 2.75 cm³/mol. The van der Waals surface area contributed by atoms with E-state index >= 15 is 0 Å². The van der Waals surface area contributed by atoms with E-state index in [2.05, 4.69) is 0 Å². The second-order valence-corrected chi connectivity index (χ2v) is 0. The zero-order chi connectivity index (χ0) is 0.